The lowest BCUT2D eigenvalue weighted by atomic mass is 9.95. The van der Waals surface area contributed by atoms with Crippen LogP contribution >= 0.6 is 0 Å². The molecule has 26 heavy (non-hydrogen) atoms. The van der Waals surface area contributed by atoms with Crippen LogP contribution in [-0.2, 0) is 14.3 Å². The lowest BCUT2D eigenvalue weighted by Gasteiger charge is -2.36. The summed E-state index contributed by atoms with van der Waals surface area (Å²) in [5.41, 5.74) is 0. The van der Waals surface area contributed by atoms with E-state index >= 15 is 0 Å². The monoisotopic (exact) mass is 371 g/mol. The van der Waals surface area contributed by atoms with Gasteiger partial charge in [-0.3, -0.25) is 4.79 Å². The van der Waals surface area contributed by atoms with Gasteiger partial charge in [-0.25, -0.2) is 4.79 Å². The number of aliphatic hydroxyl groups is 1. The molecule has 0 radical (unpaired) electrons. The van der Waals surface area contributed by atoms with Gasteiger partial charge >= 0.3 is 6.03 Å². The van der Waals surface area contributed by atoms with Crippen LogP contribution in [0.25, 0.3) is 0 Å². The van der Waals surface area contributed by atoms with Gasteiger partial charge in [0.2, 0.25) is 5.91 Å². The summed E-state index contributed by atoms with van der Waals surface area (Å²) in [5.74, 6) is -0.0924. The topological polar surface area (TPSA) is 109 Å². The minimum Gasteiger partial charge on any atom is -0.394 e. The maximum atomic E-state index is 12.2. The molecule has 1 aliphatic carbocycles. The van der Waals surface area contributed by atoms with E-state index in [1.54, 1.807) is 7.11 Å². The molecule has 0 unspecified atom stereocenters. The summed E-state index contributed by atoms with van der Waals surface area (Å²) in [5, 5.41) is 18.3. The molecule has 0 aromatic rings. The third kappa shape index (κ3) is 7.09. The van der Waals surface area contributed by atoms with Crippen molar-refractivity contribution in [1.82, 2.24) is 16.0 Å². The Morgan fingerprint density at radius 2 is 1.88 bits per heavy atom. The first-order chi connectivity index (χ1) is 12.6. The average Bonchev–Trinajstić information content (AvgIpc) is 2.64. The van der Waals surface area contributed by atoms with Crippen molar-refractivity contribution in [2.75, 3.05) is 26.9 Å². The van der Waals surface area contributed by atoms with Crippen molar-refractivity contribution in [2.45, 2.75) is 75.7 Å². The third-order valence-electron chi connectivity index (χ3n) is 5.09. The summed E-state index contributed by atoms with van der Waals surface area (Å²) < 4.78 is 10.7. The zero-order valence-corrected chi connectivity index (χ0v) is 15.7. The van der Waals surface area contributed by atoms with Crippen molar-refractivity contribution in [1.29, 1.82) is 0 Å². The molecule has 1 heterocycles. The van der Waals surface area contributed by atoms with E-state index in [0.29, 0.717) is 26.0 Å². The summed E-state index contributed by atoms with van der Waals surface area (Å²) in [6.45, 7) is 0.756. The molecule has 8 heteroatoms. The van der Waals surface area contributed by atoms with E-state index in [4.69, 9.17) is 9.47 Å². The molecule has 0 spiro atoms. The Morgan fingerprint density at radius 3 is 2.58 bits per heavy atom. The van der Waals surface area contributed by atoms with E-state index in [0.717, 1.165) is 25.7 Å². The summed E-state index contributed by atoms with van der Waals surface area (Å²) in [6.07, 6.45) is 6.48. The Hall–Kier alpha value is -1.38. The van der Waals surface area contributed by atoms with Crippen LogP contribution < -0.4 is 16.0 Å². The Bertz CT molecular complexity index is 443. The van der Waals surface area contributed by atoms with Gasteiger partial charge in [-0.2, -0.15) is 0 Å². The molecule has 0 aromatic heterocycles. The summed E-state index contributed by atoms with van der Waals surface area (Å²) in [7, 11) is 1.58. The van der Waals surface area contributed by atoms with Gasteiger partial charge in [0.25, 0.3) is 0 Å². The number of methoxy groups -OCH3 is 1. The first-order valence-corrected chi connectivity index (χ1v) is 9.71. The van der Waals surface area contributed by atoms with Gasteiger partial charge in [0, 0.05) is 19.7 Å². The van der Waals surface area contributed by atoms with Gasteiger partial charge < -0.3 is 30.5 Å². The second-order valence-corrected chi connectivity index (χ2v) is 7.16. The van der Waals surface area contributed by atoms with E-state index in [1.807, 2.05) is 0 Å². The highest BCUT2D eigenvalue weighted by Gasteiger charge is 2.33. The average molecular weight is 371 g/mol. The maximum Gasteiger partial charge on any atom is 0.315 e. The van der Waals surface area contributed by atoms with E-state index in [9.17, 15) is 14.7 Å². The molecule has 150 valence electrons. The Balaban J connectivity index is 1.72. The van der Waals surface area contributed by atoms with Crippen LogP contribution in [0, 0.1) is 0 Å². The predicted molar refractivity (Wildman–Crippen MR) is 96.8 cm³/mol. The number of hydrogen-bond acceptors (Lipinski definition) is 5. The highest BCUT2D eigenvalue weighted by molar-refractivity contribution is 5.76. The first kappa shape index (κ1) is 20.9. The first-order valence-electron chi connectivity index (χ1n) is 9.71. The highest BCUT2D eigenvalue weighted by atomic mass is 16.5. The van der Waals surface area contributed by atoms with Crippen molar-refractivity contribution in [2.24, 2.45) is 0 Å². The number of carbonyl (C=O) groups excluding carboxylic acids is 2. The van der Waals surface area contributed by atoms with Crippen LogP contribution in [0.2, 0.25) is 0 Å². The molecule has 0 bridgehead atoms. The summed E-state index contributed by atoms with van der Waals surface area (Å²) in [4.78, 5) is 24.1. The van der Waals surface area contributed by atoms with Crippen LogP contribution in [0.5, 0.6) is 0 Å². The molecule has 1 saturated carbocycles. The largest absolute Gasteiger partial charge is 0.394 e. The Morgan fingerprint density at radius 1 is 1.12 bits per heavy atom. The number of nitrogens with one attached hydrogen (secondary N) is 3. The summed E-state index contributed by atoms with van der Waals surface area (Å²) >= 11 is 0. The fraction of sp³-hybridized carbons (Fsp3) is 0.889. The van der Waals surface area contributed by atoms with Gasteiger partial charge in [0.15, 0.2) is 0 Å². The van der Waals surface area contributed by atoms with E-state index in [2.05, 4.69) is 16.0 Å². The van der Waals surface area contributed by atoms with Crippen molar-refractivity contribution >= 4 is 11.9 Å². The van der Waals surface area contributed by atoms with Crippen LogP contribution in [0.1, 0.15) is 51.4 Å². The zero-order valence-electron chi connectivity index (χ0n) is 15.7. The number of ether oxygens (including phenoxy) is 2. The van der Waals surface area contributed by atoms with Crippen LogP contribution in [0.4, 0.5) is 4.79 Å². The normalized spacial score (nSPS) is 26.9. The molecule has 1 saturated heterocycles. The fourth-order valence-corrected chi connectivity index (χ4v) is 3.66. The van der Waals surface area contributed by atoms with Crippen LogP contribution in [0.15, 0.2) is 0 Å². The molecular formula is C18H33N3O5. The molecule has 2 rings (SSSR count). The van der Waals surface area contributed by atoms with Crippen molar-refractivity contribution < 1.29 is 24.2 Å². The van der Waals surface area contributed by atoms with Crippen LogP contribution in [-0.4, -0.2) is 68.2 Å². The molecule has 2 fully saturated rings. The fourth-order valence-electron chi connectivity index (χ4n) is 3.66. The number of amides is 3. The predicted octanol–water partition coefficient (Wildman–Crippen LogP) is 0.680. The highest BCUT2D eigenvalue weighted by Crippen LogP contribution is 2.22. The SMILES string of the molecule is COCCNC(=O)C[C@H]1CC[C@@H](NC(=O)NC2CCCCC2)[C@@H](CO)O1. The smallest absolute Gasteiger partial charge is 0.315 e. The Kier molecular flexibility index (Phi) is 9.14. The number of rotatable bonds is 8. The van der Waals surface area contributed by atoms with Crippen LogP contribution in [0.3, 0.4) is 0 Å². The molecule has 1 aliphatic heterocycles. The summed E-state index contributed by atoms with van der Waals surface area (Å²) in [6, 6.07) is -0.194. The van der Waals surface area contributed by atoms with Gasteiger partial charge in [-0.05, 0) is 25.7 Å². The molecule has 4 N–H and O–H groups in total. The number of aliphatic hydroxyl groups excluding tert-OH is 1. The molecule has 8 nitrogen and oxygen atoms in total. The quantitative estimate of drug-likeness (QED) is 0.469. The molecule has 0 aromatic carbocycles. The van der Waals surface area contributed by atoms with Gasteiger partial charge in [0.05, 0.1) is 31.8 Å². The molecule has 3 atom stereocenters. The number of carbonyl (C=O) groups is 2. The van der Waals surface area contributed by atoms with Crippen molar-refractivity contribution in [3.8, 4) is 0 Å². The third-order valence-corrected chi connectivity index (χ3v) is 5.09. The lowest BCUT2D eigenvalue weighted by molar-refractivity contribution is -0.130. The zero-order chi connectivity index (χ0) is 18.8. The minimum absolute atomic E-state index is 0.0924. The van der Waals surface area contributed by atoms with E-state index in [-0.39, 0.29) is 43.2 Å². The minimum atomic E-state index is -0.488. The van der Waals surface area contributed by atoms with Gasteiger partial charge in [0.1, 0.15) is 6.10 Å². The van der Waals surface area contributed by atoms with Gasteiger partial charge in [-0.15, -0.1) is 0 Å². The standard InChI is InChI=1S/C18H33N3O5/c1-25-10-9-19-17(23)11-14-7-8-15(16(12-22)26-14)21-18(24)20-13-5-3-2-4-6-13/h13-16,22H,2-12H2,1H3,(H,19,23)(H2,20,21,24)/t14-,15-,16-/m1/s1. The van der Waals surface area contributed by atoms with E-state index in [1.165, 1.54) is 6.42 Å². The number of urea groups is 1. The number of hydrogen-bond donors (Lipinski definition) is 4. The van der Waals surface area contributed by atoms with Crippen molar-refractivity contribution in [3.05, 3.63) is 0 Å². The Labute approximate surface area is 155 Å². The van der Waals surface area contributed by atoms with Crippen molar-refractivity contribution in [3.63, 3.8) is 0 Å². The molecular weight excluding hydrogens is 338 g/mol. The molecule has 3 amide bonds. The molecule has 2 aliphatic rings. The lowest BCUT2D eigenvalue weighted by Crippen LogP contribution is -2.55. The van der Waals surface area contributed by atoms with Gasteiger partial charge in [-0.1, -0.05) is 19.3 Å². The second-order valence-electron chi connectivity index (χ2n) is 7.16. The van der Waals surface area contributed by atoms with E-state index < -0.39 is 6.10 Å². The second kappa shape index (κ2) is 11.4. The maximum absolute atomic E-state index is 12.2.